The summed E-state index contributed by atoms with van der Waals surface area (Å²) in [6.07, 6.45) is 0.103. The first-order valence-corrected chi connectivity index (χ1v) is 7.93. The molecule has 0 fully saturated rings. The summed E-state index contributed by atoms with van der Waals surface area (Å²) >= 11 is 17.7. The zero-order chi connectivity index (χ0) is 17.0. The van der Waals surface area contributed by atoms with E-state index in [0.29, 0.717) is 6.61 Å². The van der Waals surface area contributed by atoms with Crippen LogP contribution in [-0.2, 0) is 11.2 Å². The monoisotopic (exact) mass is 373 g/mol. The van der Waals surface area contributed by atoms with E-state index < -0.39 is 0 Å². The smallest absolute Gasteiger partial charge is 0.228 e. The zero-order valence-electron chi connectivity index (χ0n) is 12.2. The van der Waals surface area contributed by atoms with Crippen molar-refractivity contribution in [3.8, 4) is 11.5 Å². The third kappa shape index (κ3) is 4.44. The summed E-state index contributed by atoms with van der Waals surface area (Å²) in [6, 6.07) is 8.45. The van der Waals surface area contributed by atoms with Crippen molar-refractivity contribution < 1.29 is 14.6 Å². The van der Waals surface area contributed by atoms with Crippen molar-refractivity contribution in [1.29, 1.82) is 0 Å². The van der Waals surface area contributed by atoms with Gasteiger partial charge < -0.3 is 15.2 Å². The molecule has 2 N–H and O–H groups in total. The van der Waals surface area contributed by atoms with Crippen LogP contribution >= 0.6 is 34.8 Å². The average Bonchev–Trinajstić information content (AvgIpc) is 2.52. The molecule has 0 saturated carbocycles. The number of amides is 1. The zero-order valence-corrected chi connectivity index (χ0v) is 14.5. The van der Waals surface area contributed by atoms with Gasteiger partial charge in [-0.05, 0) is 30.7 Å². The van der Waals surface area contributed by atoms with E-state index in [0.717, 1.165) is 11.3 Å². The number of nitrogens with one attached hydrogen (secondary N) is 1. The van der Waals surface area contributed by atoms with Crippen molar-refractivity contribution in [1.82, 2.24) is 0 Å². The summed E-state index contributed by atoms with van der Waals surface area (Å²) in [4.78, 5) is 12.1. The maximum Gasteiger partial charge on any atom is 0.228 e. The highest BCUT2D eigenvalue weighted by atomic mass is 35.5. The third-order valence-electron chi connectivity index (χ3n) is 3.01. The van der Waals surface area contributed by atoms with Crippen molar-refractivity contribution in [2.24, 2.45) is 0 Å². The van der Waals surface area contributed by atoms with Crippen LogP contribution in [-0.4, -0.2) is 17.6 Å². The van der Waals surface area contributed by atoms with Gasteiger partial charge in [0.1, 0.15) is 11.4 Å². The maximum atomic E-state index is 12.1. The summed E-state index contributed by atoms with van der Waals surface area (Å²) in [5.74, 6) is 0.0600. The van der Waals surface area contributed by atoms with Crippen LogP contribution in [0.5, 0.6) is 11.5 Å². The molecular formula is C16H14Cl3NO3. The molecule has 7 heteroatoms. The second-order valence-electron chi connectivity index (χ2n) is 4.68. The minimum absolute atomic E-state index is 0.0000955. The number of hydrogen-bond donors (Lipinski definition) is 2. The van der Waals surface area contributed by atoms with Crippen LogP contribution < -0.4 is 10.1 Å². The lowest BCUT2D eigenvalue weighted by Crippen LogP contribution is -2.15. The van der Waals surface area contributed by atoms with Crippen molar-refractivity contribution in [2.45, 2.75) is 13.3 Å². The molecule has 0 aliphatic heterocycles. The molecule has 2 rings (SSSR count). The summed E-state index contributed by atoms with van der Waals surface area (Å²) in [5, 5.41) is 12.6. The number of phenols is 1. The van der Waals surface area contributed by atoms with Crippen LogP contribution in [0.3, 0.4) is 0 Å². The van der Waals surface area contributed by atoms with Crippen molar-refractivity contribution in [3.63, 3.8) is 0 Å². The fraction of sp³-hybridized carbons (Fsp3) is 0.188. The normalized spacial score (nSPS) is 10.4. The van der Waals surface area contributed by atoms with E-state index in [1.54, 1.807) is 24.3 Å². The van der Waals surface area contributed by atoms with Gasteiger partial charge in [0.05, 0.1) is 28.1 Å². The van der Waals surface area contributed by atoms with E-state index in [9.17, 15) is 9.90 Å². The van der Waals surface area contributed by atoms with Crippen molar-refractivity contribution >= 4 is 46.4 Å². The molecule has 0 radical (unpaired) electrons. The molecule has 122 valence electrons. The Bertz CT molecular complexity index is 691. The SMILES string of the molecule is CCOc1ccc(CC(=O)Nc2c(O)c(Cl)cc(Cl)c2Cl)cc1. The van der Waals surface area contributed by atoms with E-state index in [4.69, 9.17) is 39.5 Å². The van der Waals surface area contributed by atoms with Gasteiger partial charge in [0.15, 0.2) is 5.75 Å². The Morgan fingerprint density at radius 2 is 1.83 bits per heavy atom. The fourth-order valence-corrected chi connectivity index (χ4v) is 2.59. The lowest BCUT2D eigenvalue weighted by atomic mass is 10.1. The highest BCUT2D eigenvalue weighted by Crippen LogP contribution is 2.42. The van der Waals surface area contributed by atoms with Gasteiger partial charge in [0.25, 0.3) is 0 Å². The summed E-state index contributed by atoms with van der Waals surface area (Å²) in [5.41, 5.74) is 0.787. The highest BCUT2D eigenvalue weighted by molar-refractivity contribution is 6.46. The molecule has 0 aliphatic rings. The number of benzene rings is 2. The van der Waals surface area contributed by atoms with E-state index in [2.05, 4.69) is 5.32 Å². The number of carbonyl (C=O) groups excluding carboxylic acids is 1. The quantitative estimate of drug-likeness (QED) is 0.576. The Morgan fingerprint density at radius 1 is 1.17 bits per heavy atom. The predicted octanol–water partition coefficient (Wildman–Crippen LogP) is 4.93. The maximum absolute atomic E-state index is 12.1. The molecule has 2 aromatic rings. The van der Waals surface area contributed by atoms with Crippen LogP contribution in [0.25, 0.3) is 0 Å². The number of phenolic OH excluding ortho intramolecular Hbond substituents is 1. The Morgan fingerprint density at radius 3 is 2.43 bits per heavy atom. The first kappa shape index (κ1) is 17.7. The molecular weight excluding hydrogens is 361 g/mol. The summed E-state index contributed by atoms with van der Waals surface area (Å²) in [6.45, 7) is 2.47. The lowest BCUT2D eigenvalue weighted by molar-refractivity contribution is -0.115. The number of anilines is 1. The van der Waals surface area contributed by atoms with Gasteiger partial charge in [-0.3, -0.25) is 4.79 Å². The summed E-state index contributed by atoms with van der Waals surface area (Å²) in [7, 11) is 0. The minimum Gasteiger partial charge on any atom is -0.504 e. The van der Waals surface area contributed by atoms with E-state index in [-0.39, 0.29) is 38.8 Å². The number of rotatable bonds is 5. The highest BCUT2D eigenvalue weighted by Gasteiger charge is 2.17. The van der Waals surface area contributed by atoms with Gasteiger partial charge >= 0.3 is 0 Å². The molecule has 0 atom stereocenters. The number of halogens is 3. The van der Waals surface area contributed by atoms with Crippen LogP contribution in [0.1, 0.15) is 12.5 Å². The Kier molecular flexibility index (Phi) is 5.99. The van der Waals surface area contributed by atoms with Gasteiger partial charge in [-0.15, -0.1) is 0 Å². The lowest BCUT2D eigenvalue weighted by Gasteiger charge is -2.12. The van der Waals surface area contributed by atoms with Gasteiger partial charge in [0.2, 0.25) is 5.91 Å². The number of aromatic hydroxyl groups is 1. The van der Waals surface area contributed by atoms with Crippen LogP contribution in [0, 0.1) is 0 Å². The Hall–Kier alpha value is -1.62. The van der Waals surface area contributed by atoms with Gasteiger partial charge in [-0.25, -0.2) is 0 Å². The van der Waals surface area contributed by atoms with Crippen LogP contribution in [0.2, 0.25) is 15.1 Å². The molecule has 0 aromatic heterocycles. The first-order chi connectivity index (χ1) is 10.9. The molecule has 0 unspecified atom stereocenters. The van der Waals surface area contributed by atoms with Crippen molar-refractivity contribution in [3.05, 3.63) is 51.0 Å². The third-order valence-corrected chi connectivity index (χ3v) is 4.08. The molecule has 23 heavy (non-hydrogen) atoms. The van der Waals surface area contributed by atoms with Gasteiger partial charge in [-0.2, -0.15) is 0 Å². The molecule has 0 saturated heterocycles. The first-order valence-electron chi connectivity index (χ1n) is 6.80. The van der Waals surface area contributed by atoms with Crippen LogP contribution in [0.15, 0.2) is 30.3 Å². The molecule has 0 spiro atoms. The number of carbonyl (C=O) groups is 1. The van der Waals surface area contributed by atoms with E-state index in [1.165, 1.54) is 6.07 Å². The standard InChI is InChI=1S/C16H14Cl3NO3/c1-2-23-10-5-3-9(4-6-10)7-13(21)20-15-14(19)11(17)8-12(18)16(15)22/h3-6,8,22H,2,7H2,1H3,(H,20,21). The Labute approximate surface area is 148 Å². The van der Waals surface area contributed by atoms with E-state index >= 15 is 0 Å². The van der Waals surface area contributed by atoms with Gasteiger partial charge in [0, 0.05) is 0 Å². The molecule has 4 nitrogen and oxygen atoms in total. The van der Waals surface area contributed by atoms with Crippen LogP contribution in [0.4, 0.5) is 5.69 Å². The molecule has 1 amide bonds. The number of ether oxygens (including phenoxy) is 1. The number of hydrogen-bond acceptors (Lipinski definition) is 3. The minimum atomic E-state index is -0.357. The molecule has 0 aliphatic carbocycles. The molecule has 2 aromatic carbocycles. The molecule has 0 heterocycles. The summed E-state index contributed by atoms with van der Waals surface area (Å²) < 4.78 is 5.34. The Balaban J connectivity index is 2.11. The fourth-order valence-electron chi connectivity index (χ4n) is 1.94. The topological polar surface area (TPSA) is 58.6 Å². The second-order valence-corrected chi connectivity index (χ2v) is 5.87. The average molecular weight is 375 g/mol. The van der Waals surface area contributed by atoms with Gasteiger partial charge in [-0.1, -0.05) is 46.9 Å². The van der Waals surface area contributed by atoms with Crippen molar-refractivity contribution in [2.75, 3.05) is 11.9 Å². The molecule has 0 bridgehead atoms. The van der Waals surface area contributed by atoms with E-state index in [1.807, 2.05) is 6.92 Å². The predicted molar refractivity (Wildman–Crippen MR) is 93.1 cm³/mol. The second kappa shape index (κ2) is 7.77. The largest absolute Gasteiger partial charge is 0.504 e.